The maximum atomic E-state index is 12.6. The molecular weight excluding hydrogens is 205 g/mol. The van der Waals surface area contributed by atoms with Crippen molar-refractivity contribution >= 4 is 5.82 Å². The number of piperidine rings is 1. The molecule has 0 unspecified atom stereocenters. The van der Waals surface area contributed by atoms with Gasteiger partial charge in [-0.1, -0.05) is 6.92 Å². The van der Waals surface area contributed by atoms with E-state index in [0.29, 0.717) is 6.04 Å². The predicted octanol–water partition coefficient (Wildman–Crippen LogP) is 2.02. The highest BCUT2D eigenvalue weighted by atomic mass is 19.1. The molecule has 3 nitrogen and oxygen atoms in total. The van der Waals surface area contributed by atoms with Crippen molar-refractivity contribution < 1.29 is 4.39 Å². The van der Waals surface area contributed by atoms with E-state index in [4.69, 9.17) is 0 Å². The quantitative estimate of drug-likeness (QED) is 0.823. The molecule has 2 rings (SSSR count). The Morgan fingerprint density at radius 3 is 3.00 bits per heavy atom. The molecule has 2 atom stereocenters. The van der Waals surface area contributed by atoms with Gasteiger partial charge in [-0.25, -0.2) is 9.37 Å². The lowest BCUT2D eigenvalue weighted by Gasteiger charge is -2.28. The smallest absolute Gasteiger partial charge is 0.141 e. The molecule has 0 radical (unpaired) electrons. The molecule has 1 fully saturated rings. The van der Waals surface area contributed by atoms with Gasteiger partial charge in [-0.05, 0) is 37.4 Å². The number of halogens is 1. The highest BCUT2D eigenvalue weighted by Gasteiger charge is 2.16. The molecule has 0 bridgehead atoms. The number of hydrogen-bond acceptors (Lipinski definition) is 3. The van der Waals surface area contributed by atoms with Gasteiger partial charge in [-0.3, -0.25) is 0 Å². The Kier molecular flexibility index (Phi) is 3.72. The van der Waals surface area contributed by atoms with Crippen molar-refractivity contribution in [2.75, 3.05) is 18.4 Å². The van der Waals surface area contributed by atoms with Crippen molar-refractivity contribution in [3.05, 3.63) is 24.1 Å². The number of anilines is 1. The van der Waals surface area contributed by atoms with Crippen LogP contribution in [0.15, 0.2) is 18.3 Å². The first kappa shape index (κ1) is 11.3. The van der Waals surface area contributed by atoms with E-state index in [2.05, 4.69) is 22.5 Å². The molecule has 2 heterocycles. The fraction of sp³-hybridized carbons (Fsp3) is 0.583. The molecule has 4 heteroatoms. The second kappa shape index (κ2) is 5.25. The molecular formula is C12H18FN3. The van der Waals surface area contributed by atoms with Gasteiger partial charge in [-0.2, -0.15) is 0 Å². The van der Waals surface area contributed by atoms with E-state index in [1.54, 1.807) is 6.07 Å². The molecule has 1 aliphatic rings. The summed E-state index contributed by atoms with van der Waals surface area (Å²) in [7, 11) is 0. The van der Waals surface area contributed by atoms with Crippen molar-refractivity contribution in [1.29, 1.82) is 0 Å². The first-order valence-corrected chi connectivity index (χ1v) is 5.83. The Morgan fingerprint density at radius 2 is 2.38 bits per heavy atom. The number of nitrogens with zero attached hydrogens (tertiary/aromatic N) is 1. The second-order valence-corrected chi connectivity index (χ2v) is 4.53. The average molecular weight is 223 g/mol. The van der Waals surface area contributed by atoms with Crippen molar-refractivity contribution in [3.63, 3.8) is 0 Å². The minimum atomic E-state index is -0.296. The SMILES string of the molecule is C[C@H]1CC[C@@H](CNc2ccc(F)cn2)NC1. The summed E-state index contributed by atoms with van der Waals surface area (Å²) in [5, 5.41) is 6.70. The van der Waals surface area contributed by atoms with Crippen molar-refractivity contribution in [2.45, 2.75) is 25.8 Å². The molecule has 0 spiro atoms. The fourth-order valence-electron chi connectivity index (χ4n) is 1.94. The van der Waals surface area contributed by atoms with Gasteiger partial charge < -0.3 is 10.6 Å². The van der Waals surface area contributed by atoms with Crippen LogP contribution in [0.4, 0.5) is 10.2 Å². The standard InChI is InChI=1S/C12H18FN3/c1-9-2-4-11(14-6-9)8-16-12-5-3-10(13)7-15-12/h3,5,7,9,11,14H,2,4,6,8H2,1H3,(H,15,16)/t9-,11-/m0/s1. The van der Waals surface area contributed by atoms with Crippen LogP contribution in [0.3, 0.4) is 0 Å². The normalized spacial score (nSPS) is 25.4. The molecule has 0 saturated carbocycles. The molecule has 16 heavy (non-hydrogen) atoms. The van der Waals surface area contributed by atoms with E-state index in [9.17, 15) is 4.39 Å². The Labute approximate surface area is 95.5 Å². The molecule has 1 saturated heterocycles. The summed E-state index contributed by atoms with van der Waals surface area (Å²) in [6.45, 7) is 4.20. The minimum absolute atomic E-state index is 0.296. The third-order valence-electron chi connectivity index (χ3n) is 3.02. The summed E-state index contributed by atoms with van der Waals surface area (Å²) in [5.74, 6) is 1.22. The zero-order valence-electron chi connectivity index (χ0n) is 9.54. The minimum Gasteiger partial charge on any atom is -0.369 e. The molecule has 1 aromatic rings. The zero-order valence-corrected chi connectivity index (χ0v) is 9.54. The lowest BCUT2D eigenvalue weighted by molar-refractivity contribution is 0.336. The Balaban J connectivity index is 1.77. The topological polar surface area (TPSA) is 37.0 Å². The number of aromatic nitrogens is 1. The van der Waals surface area contributed by atoms with Crippen LogP contribution in [0.2, 0.25) is 0 Å². The van der Waals surface area contributed by atoms with E-state index in [1.807, 2.05) is 0 Å². The van der Waals surface area contributed by atoms with Gasteiger partial charge in [0.2, 0.25) is 0 Å². The van der Waals surface area contributed by atoms with Gasteiger partial charge in [0.1, 0.15) is 11.6 Å². The molecule has 0 amide bonds. The maximum absolute atomic E-state index is 12.6. The lowest BCUT2D eigenvalue weighted by Crippen LogP contribution is -2.42. The number of nitrogens with one attached hydrogen (secondary N) is 2. The van der Waals surface area contributed by atoms with Crippen LogP contribution >= 0.6 is 0 Å². The monoisotopic (exact) mass is 223 g/mol. The zero-order chi connectivity index (χ0) is 11.4. The Morgan fingerprint density at radius 1 is 1.50 bits per heavy atom. The van der Waals surface area contributed by atoms with Crippen LogP contribution in [0, 0.1) is 11.7 Å². The number of hydrogen-bond donors (Lipinski definition) is 2. The molecule has 2 N–H and O–H groups in total. The van der Waals surface area contributed by atoms with Gasteiger partial charge >= 0.3 is 0 Å². The van der Waals surface area contributed by atoms with Crippen LogP contribution in [0.25, 0.3) is 0 Å². The molecule has 88 valence electrons. The third-order valence-corrected chi connectivity index (χ3v) is 3.02. The summed E-state index contributed by atoms with van der Waals surface area (Å²) < 4.78 is 12.6. The van der Waals surface area contributed by atoms with E-state index in [0.717, 1.165) is 24.8 Å². The summed E-state index contributed by atoms with van der Waals surface area (Å²) in [4.78, 5) is 3.96. The molecule has 1 aliphatic heterocycles. The second-order valence-electron chi connectivity index (χ2n) is 4.53. The van der Waals surface area contributed by atoms with Crippen LogP contribution < -0.4 is 10.6 Å². The summed E-state index contributed by atoms with van der Waals surface area (Å²) in [5.41, 5.74) is 0. The Hall–Kier alpha value is -1.16. The van der Waals surface area contributed by atoms with E-state index >= 15 is 0 Å². The van der Waals surface area contributed by atoms with Crippen LogP contribution in [-0.4, -0.2) is 24.1 Å². The molecule has 0 aliphatic carbocycles. The van der Waals surface area contributed by atoms with Crippen molar-refractivity contribution in [3.8, 4) is 0 Å². The summed E-state index contributed by atoms with van der Waals surface area (Å²) in [6.07, 6.45) is 3.70. The van der Waals surface area contributed by atoms with E-state index in [-0.39, 0.29) is 5.82 Å². The fourth-order valence-corrected chi connectivity index (χ4v) is 1.94. The average Bonchev–Trinajstić information content (AvgIpc) is 2.30. The number of rotatable bonds is 3. The molecule has 1 aromatic heterocycles. The summed E-state index contributed by atoms with van der Waals surface area (Å²) in [6, 6.07) is 3.59. The van der Waals surface area contributed by atoms with Crippen molar-refractivity contribution in [2.24, 2.45) is 5.92 Å². The largest absolute Gasteiger partial charge is 0.369 e. The first-order chi connectivity index (χ1) is 7.74. The molecule has 0 aromatic carbocycles. The van der Waals surface area contributed by atoms with Gasteiger partial charge in [0.25, 0.3) is 0 Å². The Bertz CT molecular complexity index is 318. The highest BCUT2D eigenvalue weighted by Crippen LogP contribution is 2.13. The van der Waals surface area contributed by atoms with E-state index < -0.39 is 0 Å². The number of pyridine rings is 1. The van der Waals surface area contributed by atoms with Gasteiger partial charge in [0, 0.05) is 12.6 Å². The van der Waals surface area contributed by atoms with Gasteiger partial charge in [0.15, 0.2) is 0 Å². The predicted molar refractivity (Wildman–Crippen MR) is 62.9 cm³/mol. The maximum Gasteiger partial charge on any atom is 0.141 e. The van der Waals surface area contributed by atoms with Gasteiger partial charge in [-0.15, -0.1) is 0 Å². The third kappa shape index (κ3) is 3.17. The summed E-state index contributed by atoms with van der Waals surface area (Å²) >= 11 is 0. The van der Waals surface area contributed by atoms with Crippen LogP contribution in [0.5, 0.6) is 0 Å². The first-order valence-electron chi connectivity index (χ1n) is 5.83. The lowest BCUT2D eigenvalue weighted by atomic mass is 9.96. The van der Waals surface area contributed by atoms with Crippen molar-refractivity contribution in [1.82, 2.24) is 10.3 Å². The van der Waals surface area contributed by atoms with Crippen LogP contribution in [-0.2, 0) is 0 Å². The van der Waals surface area contributed by atoms with E-state index in [1.165, 1.54) is 25.1 Å². The highest BCUT2D eigenvalue weighted by molar-refractivity contribution is 5.33. The van der Waals surface area contributed by atoms with Crippen LogP contribution in [0.1, 0.15) is 19.8 Å². The van der Waals surface area contributed by atoms with Gasteiger partial charge in [0.05, 0.1) is 6.20 Å².